The highest BCUT2D eigenvalue weighted by Gasteiger charge is 2.20. The van der Waals surface area contributed by atoms with Crippen LogP contribution >= 0.6 is 0 Å². The predicted octanol–water partition coefficient (Wildman–Crippen LogP) is 1.04. The number of aromatic hydroxyl groups is 1. The lowest BCUT2D eigenvalue weighted by Crippen LogP contribution is -2.02. The number of fused-ring (bicyclic) bond motifs is 1. The molecule has 0 aliphatic carbocycles. The van der Waals surface area contributed by atoms with Gasteiger partial charge in [-0.2, -0.15) is 16.8 Å². The summed E-state index contributed by atoms with van der Waals surface area (Å²) in [5.74, 6) is -0.559. The zero-order chi connectivity index (χ0) is 14.4. The molecule has 0 saturated carbocycles. The van der Waals surface area contributed by atoms with Crippen LogP contribution in [0.15, 0.2) is 40.1 Å². The van der Waals surface area contributed by atoms with Crippen molar-refractivity contribution >= 4 is 31.0 Å². The minimum Gasteiger partial charge on any atom is -0.508 e. The lowest BCUT2D eigenvalue weighted by molar-refractivity contribution is 0.467. The Balaban J connectivity index is 3.07. The zero-order valence-electron chi connectivity index (χ0n) is 9.18. The van der Waals surface area contributed by atoms with E-state index in [-0.39, 0.29) is 10.8 Å². The van der Waals surface area contributed by atoms with E-state index in [1.165, 1.54) is 12.1 Å². The molecule has 0 spiro atoms. The van der Waals surface area contributed by atoms with Gasteiger partial charge in [0, 0.05) is 16.8 Å². The first-order chi connectivity index (χ1) is 8.60. The van der Waals surface area contributed by atoms with Crippen molar-refractivity contribution in [1.29, 1.82) is 0 Å². The van der Waals surface area contributed by atoms with Crippen molar-refractivity contribution in [3.8, 4) is 5.75 Å². The Labute approximate surface area is 108 Å². The van der Waals surface area contributed by atoms with Crippen molar-refractivity contribution in [2.24, 2.45) is 0 Å². The predicted molar refractivity (Wildman–Crippen MR) is 65.2 cm³/mol. The second-order valence-electron chi connectivity index (χ2n) is 3.75. The molecule has 3 N–H and O–H groups in total. The molecule has 0 radical (unpaired) electrons. The fourth-order valence-electron chi connectivity index (χ4n) is 1.75. The van der Waals surface area contributed by atoms with Gasteiger partial charge in [0.2, 0.25) is 0 Å². The maximum Gasteiger partial charge on any atom is 0.295 e. The maximum atomic E-state index is 11.2. The minimum atomic E-state index is -4.65. The Morgan fingerprint density at radius 2 is 1.37 bits per heavy atom. The topological polar surface area (TPSA) is 129 Å². The first kappa shape index (κ1) is 13.7. The van der Waals surface area contributed by atoms with E-state index in [0.717, 1.165) is 18.2 Å². The lowest BCUT2D eigenvalue weighted by Gasteiger charge is -2.08. The molecule has 0 bridgehead atoms. The van der Waals surface area contributed by atoms with Gasteiger partial charge in [0.1, 0.15) is 15.5 Å². The van der Waals surface area contributed by atoms with Gasteiger partial charge in [0.15, 0.2) is 0 Å². The number of hydrogen-bond donors (Lipinski definition) is 3. The van der Waals surface area contributed by atoms with Crippen molar-refractivity contribution in [2.75, 3.05) is 0 Å². The van der Waals surface area contributed by atoms with Gasteiger partial charge in [-0.1, -0.05) is 12.1 Å². The van der Waals surface area contributed by atoms with E-state index in [2.05, 4.69) is 0 Å². The first-order valence-electron chi connectivity index (χ1n) is 4.81. The van der Waals surface area contributed by atoms with Crippen LogP contribution in [0.5, 0.6) is 5.75 Å². The molecule has 0 amide bonds. The second kappa shape index (κ2) is 4.17. The van der Waals surface area contributed by atoms with Gasteiger partial charge in [-0.15, -0.1) is 0 Å². The Morgan fingerprint density at radius 3 is 1.89 bits per heavy atom. The summed E-state index contributed by atoms with van der Waals surface area (Å²) in [7, 11) is -9.25. The molecular formula is C10H8O7S2. The molecule has 0 heterocycles. The summed E-state index contributed by atoms with van der Waals surface area (Å²) < 4.78 is 62.9. The largest absolute Gasteiger partial charge is 0.508 e. The van der Waals surface area contributed by atoms with E-state index in [0.29, 0.717) is 0 Å². The highest BCUT2D eigenvalue weighted by atomic mass is 32.2. The van der Waals surface area contributed by atoms with Crippen LogP contribution < -0.4 is 0 Å². The third kappa shape index (κ3) is 2.54. The average molecular weight is 304 g/mol. The molecule has 2 aromatic rings. The molecular weight excluding hydrogens is 296 g/mol. The summed E-state index contributed by atoms with van der Waals surface area (Å²) in [6.07, 6.45) is 0. The zero-order valence-corrected chi connectivity index (χ0v) is 10.8. The lowest BCUT2D eigenvalue weighted by atomic mass is 10.1. The molecule has 0 saturated heterocycles. The number of phenols is 1. The molecule has 102 valence electrons. The van der Waals surface area contributed by atoms with E-state index in [1.807, 2.05) is 0 Å². The van der Waals surface area contributed by atoms with Crippen LogP contribution in [0.3, 0.4) is 0 Å². The Kier molecular flexibility index (Phi) is 3.01. The standard InChI is InChI=1S/C10H8O7S2/c11-6-4-8-7(10(5-6)19(15,16)17)2-1-3-9(8)18(12,13)14/h1-5,11H,(H,12,13,14)(H,15,16,17). The maximum absolute atomic E-state index is 11.2. The first-order valence-corrected chi connectivity index (χ1v) is 7.69. The number of phenolic OH excluding ortho intramolecular Hbond substituents is 1. The molecule has 0 atom stereocenters. The van der Waals surface area contributed by atoms with Gasteiger partial charge in [0.05, 0.1) is 0 Å². The molecule has 7 nitrogen and oxygen atoms in total. The van der Waals surface area contributed by atoms with Gasteiger partial charge >= 0.3 is 0 Å². The summed E-state index contributed by atoms with van der Waals surface area (Å²) in [4.78, 5) is -1.21. The Hall–Kier alpha value is -1.68. The molecule has 19 heavy (non-hydrogen) atoms. The fourth-order valence-corrected chi connectivity index (χ4v) is 3.17. The molecule has 0 aromatic heterocycles. The number of hydrogen-bond acceptors (Lipinski definition) is 5. The third-order valence-electron chi connectivity index (χ3n) is 2.46. The molecule has 9 heteroatoms. The highest BCUT2D eigenvalue weighted by molar-refractivity contribution is 7.86. The number of benzene rings is 2. The quantitative estimate of drug-likeness (QED) is 0.707. The summed E-state index contributed by atoms with van der Waals surface area (Å²) in [6, 6.07) is 5.26. The molecule has 0 aliphatic rings. The van der Waals surface area contributed by atoms with Crippen molar-refractivity contribution < 1.29 is 31.0 Å². The number of rotatable bonds is 2. The Morgan fingerprint density at radius 1 is 0.789 bits per heavy atom. The van der Waals surface area contributed by atoms with E-state index in [9.17, 15) is 21.9 Å². The molecule has 0 fully saturated rings. The van der Waals surface area contributed by atoms with Crippen LogP contribution in [0.1, 0.15) is 0 Å². The summed E-state index contributed by atoms with van der Waals surface area (Å²) >= 11 is 0. The summed E-state index contributed by atoms with van der Waals surface area (Å²) in [5, 5.41) is 9.07. The van der Waals surface area contributed by atoms with Crippen LogP contribution in [0.2, 0.25) is 0 Å². The minimum absolute atomic E-state index is 0.129. The third-order valence-corrected chi connectivity index (χ3v) is 4.26. The van der Waals surface area contributed by atoms with Crippen LogP contribution in [0, 0.1) is 0 Å². The highest BCUT2D eigenvalue weighted by Crippen LogP contribution is 2.32. The van der Waals surface area contributed by atoms with Gasteiger partial charge in [-0.25, -0.2) is 0 Å². The van der Waals surface area contributed by atoms with Crippen LogP contribution in [-0.2, 0) is 20.2 Å². The van der Waals surface area contributed by atoms with E-state index in [4.69, 9.17) is 9.11 Å². The fraction of sp³-hybridized carbons (Fsp3) is 0. The monoisotopic (exact) mass is 304 g/mol. The molecule has 2 aromatic carbocycles. The summed E-state index contributed by atoms with van der Waals surface area (Å²) in [5.41, 5.74) is 0. The van der Waals surface area contributed by atoms with Crippen LogP contribution in [-0.4, -0.2) is 31.0 Å². The molecule has 0 unspecified atom stereocenters. The van der Waals surface area contributed by atoms with Crippen molar-refractivity contribution in [3.63, 3.8) is 0 Å². The SMILES string of the molecule is O=S(=O)(O)c1cc(O)cc2c(S(=O)(=O)O)cccc12. The smallest absolute Gasteiger partial charge is 0.295 e. The van der Waals surface area contributed by atoms with Crippen LogP contribution in [0.25, 0.3) is 10.8 Å². The normalized spacial score (nSPS) is 12.7. The van der Waals surface area contributed by atoms with Gasteiger partial charge in [0.25, 0.3) is 20.2 Å². The van der Waals surface area contributed by atoms with Gasteiger partial charge in [-0.3, -0.25) is 9.11 Å². The summed E-state index contributed by atoms with van der Waals surface area (Å²) in [6.45, 7) is 0. The van der Waals surface area contributed by atoms with Crippen LogP contribution in [0.4, 0.5) is 0 Å². The Bertz CT molecular complexity index is 866. The van der Waals surface area contributed by atoms with Crippen molar-refractivity contribution in [2.45, 2.75) is 9.79 Å². The average Bonchev–Trinajstić information content (AvgIpc) is 2.24. The molecule has 0 aliphatic heterocycles. The van der Waals surface area contributed by atoms with Gasteiger partial charge < -0.3 is 5.11 Å². The van der Waals surface area contributed by atoms with E-state index < -0.39 is 35.8 Å². The van der Waals surface area contributed by atoms with Gasteiger partial charge in [-0.05, 0) is 12.1 Å². The van der Waals surface area contributed by atoms with E-state index >= 15 is 0 Å². The van der Waals surface area contributed by atoms with Crippen molar-refractivity contribution in [1.82, 2.24) is 0 Å². The molecule has 2 rings (SSSR count). The van der Waals surface area contributed by atoms with Crippen molar-refractivity contribution in [3.05, 3.63) is 30.3 Å². The van der Waals surface area contributed by atoms with E-state index in [1.54, 1.807) is 0 Å². The second-order valence-corrected chi connectivity index (χ2v) is 6.53.